The van der Waals surface area contributed by atoms with E-state index in [4.69, 9.17) is 4.74 Å². The predicted molar refractivity (Wildman–Crippen MR) is 83.6 cm³/mol. The Bertz CT molecular complexity index is 510. The number of nitrogens with zero attached hydrogens (tertiary/aromatic N) is 2. The average Bonchev–Trinajstić information content (AvgIpc) is 2.53. The van der Waals surface area contributed by atoms with Crippen LogP contribution in [0, 0.1) is 5.41 Å². The van der Waals surface area contributed by atoms with Gasteiger partial charge in [-0.25, -0.2) is 4.79 Å². The highest BCUT2D eigenvalue weighted by Gasteiger charge is 2.31. The Morgan fingerprint density at radius 3 is 2.57 bits per heavy atom. The van der Waals surface area contributed by atoms with Crippen molar-refractivity contribution >= 4 is 11.9 Å². The van der Waals surface area contributed by atoms with Gasteiger partial charge in [-0.05, 0) is 37.5 Å². The fourth-order valence-electron chi connectivity index (χ4n) is 2.77. The maximum Gasteiger partial charge on any atom is 0.412 e. The molecule has 1 aliphatic rings. The number of carbonyl (C=O) groups excluding carboxylic acids is 1. The third kappa shape index (κ3) is 3.77. The highest BCUT2D eigenvalue weighted by molar-refractivity contribution is 5.84. The summed E-state index contributed by atoms with van der Waals surface area (Å²) in [5, 5.41) is 7.53. The van der Waals surface area contributed by atoms with E-state index in [1.165, 1.54) is 24.8 Å². The Morgan fingerprint density at radius 1 is 1.43 bits per heavy atom. The first-order chi connectivity index (χ1) is 9.81. The first kappa shape index (κ1) is 15.9. The van der Waals surface area contributed by atoms with E-state index in [9.17, 15) is 4.79 Å². The molecule has 5 heteroatoms. The van der Waals surface area contributed by atoms with Crippen molar-refractivity contribution in [2.75, 3.05) is 11.9 Å². The van der Waals surface area contributed by atoms with Crippen LogP contribution in [0.25, 0.3) is 0 Å². The summed E-state index contributed by atoms with van der Waals surface area (Å²) < 4.78 is 6.79. The molecule has 0 aliphatic heterocycles. The second-order valence-electron chi connectivity index (χ2n) is 7.04. The van der Waals surface area contributed by atoms with Crippen LogP contribution in [-0.4, -0.2) is 22.5 Å². The number of rotatable bonds is 4. The van der Waals surface area contributed by atoms with E-state index in [1.54, 1.807) is 11.6 Å². The highest BCUT2D eigenvalue weighted by atomic mass is 16.5. The van der Waals surface area contributed by atoms with Crippen LogP contribution in [0.1, 0.15) is 64.1 Å². The van der Waals surface area contributed by atoms with E-state index >= 15 is 0 Å². The smallest absolute Gasteiger partial charge is 0.412 e. The minimum absolute atomic E-state index is 0.175. The molecule has 0 spiro atoms. The standard InChI is InChI=1S/C16H27N3O2/c1-6-21-15(20)17-14-13(11-8-7-9-11)12(18-19(14)5)10-16(2,3)4/h11H,6-10H2,1-5H3,(H,17,20). The Hall–Kier alpha value is -1.52. The first-order valence-corrected chi connectivity index (χ1v) is 7.81. The van der Waals surface area contributed by atoms with E-state index in [2.05, 4.69) is 31.2 Å². The number of aromatic nitrogens is 2. The molecule has 0 atom stereocenters. The number of carbonyl (C=O) groups is 1. The Morgan fingerprint density at radius 2 is 2.10 bits per heavy atom. The number of anilines is 1. The maximum atomic E-state index is 11.8. The van der Waals surface area contributed by atoms with Crippen LogP contribution in [0.3, 0.4) is 0 Å². The van der Waals surface area contributed by atoms with Crippen molar-refractivity contribution in [3.8, 4) is 0 Å². The van der Waals surface area contributed by atoms with E-state index < -0.39 is 6.09 Å². The van der Waals surface area contributed by atoms with Crippen LogP contribution in [0.2, 0.25) is 0 Å². The number of ether oxygens (including phenoxy) is 1. The summed E-state index contributed by atoms with van der Waals surface area (Å²) in [6, 6.07) is 0. The van der Waals surface area contributed by atoms with Crippen molar-refractivity contribution in [1.29, 1.82) is 0 Å². The molecule has 0 bridgehead atoms. The van der Waals surface area contributed by atoms with Crippen molar-refractivity contribution < 1.29 is 9.53 Å². The zero-order valence-corrected chi connectivity index (χ0v) is 13.8. The van der Waals surface area contributed by atoms with E-state index in [0.717, 1.165) is 17.9 Å². The molecule has 1 aromatic rings. The van der Waals surface area contributed by atoms with Gasteiger partial charge in [0.15, 0.2) is 0 Å². The minimum Gasteiger partial charge on any atom is -0.450 e. The third-order valence-corrected chi connectivity index (χ3v) is 3.87. The molecule has 1 N–H and O–H groups in total. The fourth-order valence-corrected chi connectivity index (χ4v) is 2.77. The third-order valence-electron chi connectivity index (χ3n) is 3.87. The normalized spacial score (nSPS) is 15.7. The van der Waals surface area contributed by atoms with Gasteiger partial charge in [0.05, 0.1) is 12.3 Å². The van der Waals surface area contributed by atoms with Gasteiger partial charge in [-0.15, -0.1) is 0 Å². The van der Waals surface area contributed by atoms with Gasteiger partial charge < -0.3 is 4.74 Å². The quantitative estimate of drug-likeness (QED) is 0.917. The lowest BCUT2D eigenvalue weighted by Gasteiger charge is -2.28. The van der Waals surface area contributed by atoms with Crippen LogP contribution in [0.15, 0.2) is 0 Å². The van der Waals surface area contributed by atoms with Crippen molar-refractivity contribution in [1.82, 2.24) is 9.78 Å². The summed E-state index contributed by atoms with van der Waals surface area (Å²) in [4.78, 5) is 11.8. The highest BCUT2D eigenvalue weighted by Crippen LogP contribution is 2.42. The molecule has 1 saturated carbocycles. The van der Waals surface area contributed by atoms with Gasteiger partial charge in [0.2, 0.25) is 0 Å². The Balaban J connectivity index is 2.31. The fraction of sp³-hybridized carbons (Fsp3) is 0.750. The van der Waals surface area contributed by atoms with Gasteiger partial charge in [-0.3, -0.25) is 10.00 Å². The summed E-state index contributed by atoms with van der Waals surface area (Å²) in [6.45, 7) is 8.82. The van der Waals surface area contributed by atoms with Crippen molar-refractivity contribution in [3.05, 3.63) is 11.3 Å². The summed E-state index contributed by atoms with van der Waals surface area (Å²) in [5.74, 6) is 1.32. The molecule has 1 aliphatic carbocycles. The van der Waals surface area contributed by atoms with Crippen molar-refractivity contribution in [2.45, 2.75) is 59.3 Å². The summed E-state index contributed by atoms with van der Waals surface area (Å²) in [5.41, 5.74) is 2.50. The molecule has 118 valence electrons. The lowest BCUT2D eigenvalue weighted by Crippen LogP contribution is -2.19. The second-order valence-corrected chi connectivity index (χ2v) is 7.04. The van der Waals surface area contributed by atoms with Crippen LogP contribution >= 0.6 is 0 Å². The van der Waals surface area contributed by atoms with Gasteiger partial charge >= 0.3 is 6.09 Å². The number of amides is 1. The monoisotopic (exact) mass is 293 g/mol. The Kier molecular flexibility index (Phi) is 4.59. The summed E-state index contributed by atoms with van der Waals surface area (Å²) in [6.07, 6.45) is 4.13. The second kappa shape index (κ2) is 6.08. The van der Waals surface area contributed by atoms with Crippen molar-refractivity contribution in [2.24, 2.45) is 12.5 Å². The molecule has 1 aromatic heterocycles. The Labute approximate surface area is 127 Å². The van der Waals surface area contributed by atoms with E-state index in [-0.39, 0.29) is 5.41 Å². The van der Waals surface area contributed by atoms with Gasteiger partial charge in [-0.2, -0.15) is 5.10 Å². The molecular formula is C16H27N3O2. The molecule has 5 nitrogen and oxygen atoms in total. The molecule has 2 rings (SSSR count). The SMILES string of the molecule is CCOC(=O)Nc1c(C2CCC2)c(CC(C)(C)C)nn1C. The van der Waals surface area contributed by atoms with Gasteiger partial charge in [-0.1, -0.05) is 27.2 Å². The molecule has 0 unspecified atom stereocenters. The summed E-state index contributed by atoms with van der Waals surface area (Å²) in [7, 11) is 1.88. The summed E-state index contributed by atoms with van der Waals surface area (Å²) >= 11 is 0. The molecule has 1 heterocycles. The minimum atomic E-state index is -0.400. The zero-order chi connectivity index (χ0) is 15.6. The molecule has 0 aromatic carbocycles. The van der Waals surface area contributed by atoms with E-state index in [1.807, 2.05) is 7.05 Å². The largest absolute Gasteiger partial charge is 0.450 e. The van der Waals surface area contributed by atoms with Crippen molar-refractivity contribution in [3.63, 3.8) is 0 Å². The number of aryl methyl sites for hydroxylation is 1. The average molecular weight is 293 g/mol. The molecule has 1 amide bonds. The number of hydrogen-bond acceptors (Lipinski definition) is 3. The van der Waals surface area contributed by atoms with Gasteiger partial charge in [0.1, 0.15) is 5.82 Å². The van der Waals surface area contributed by atoms with E-state index in [0.29, 0.717) is 12.5 Å². The van der Waals surface area contributed by atoms with Crippen LogP contribution in [0.5, 0.6) is 0 Å². The first-order valence-electron chi connectivity index (χ1n) is 7.81. The lowest BCUT2D eigenvalue weighted by molar-refractivity contribution is 0.167. The molecule has 21 heavy (non-hydrogen) atoms. The molecular weight excluding hydrogens is 266 g/mol. The molecule has 1 fully saturated rings. The lowest BCUT2D eigenvalue weighted by atomic mass is 9.77. The van der Waals surface area contributed by atoms with Gasteiger partial charge in [0.25, 0.3) is 0 Å². The zero-order valence-electron chi connectivity index (χ0n) is 13.8. The molecule has 0 saturated heterocycles. The maximum absolute atomic E-state index is 11.8. The number of hydrogen-bond donors (Lipinski definition) is 1. The van der Waals surface area contributed by atoms with Crippen LogP contribution < -0.4 is 5.32 Å². The number of nitrogens with one attached hydrogen (secondary N) is 1. The molecule has 0 radical (unpaired) electrons. The van der Waals surface area contributed by atoms with Crippen LogP contribution in [-0.2, 0) is 18.2 Å². The van der Waals surface area contributed by atoms with Crippen LogP contribution in [0.4, 0.5) is 10.6 Å². The topological polar surface area (TPSA) is 56.1 Å². The predicted octanol–water partition coefficient (Wildman–Crippen LogP) is 3.84. The van der Waals surface area contributed by atoms with Gasteiger partial charge in [0, 0.05) is 12.6 Å².